The van der Waals surface area contributed by atoms with Gasteiger partial charge in [0.25, 0.3) is 0 Å². The number of carbonyl (C=O) groups excluding carboxylic acids is 1. The standard InChI is InChI=1S/C28H26N4OS/c1-6-21-9-8-20(17-29(21)4)18-31-24(15-27-25(31)16-28(34-27)26(33)7-2)23-11-10-22(14-19(23)3)32-13-12-30(32)5/h7-17H,1-2,18H2,3-5H3. The molecule has 0 N–H and O–H groups in total. The minimum absolute atomic E-state index is 0.0428. The summed E-state index contributed by atoms with van der Waals surface area (Å²) in [5.41, 5.74) is 10.7. The van der Waals surface area contributed by atoms with Gasteiger partial charge < -0.3 is 9.47 Å². The summed E-state index contributed by atoms with van der Waals surface area (Å²) >= 11 is 1.52. The second-order valence-electron chi connectivity index (χ2n) is 8.47. The third kappa shape index (κ3) is 3.63. The van der Waals surface area contributed by atoms with Crippen molar-refractivity contribution in [2.45, 2.75) is 13.5 Å². The normalized spacial score (nSPS) is 13.4. The fourth-order valence-electron chi connectivity index (χ4n) is 4.39. The van der Waals surface area contributed by atoms with Gasteiger partial charge in [-0.25, -0.2) is 0 Å². The smallest absolute Gasteiger partial charge is 0.195 e. The Kier molecular flexibility index (Phi) is 5.40. The van der Waals surface area contributed by atoms with Crippen LogP contribution in [0.5, 0.6) is 0 Å². The maximum atomic E-state index is 12.3. The second kappa shape index (κ2) is 8.41. The molecule has 5 nitrogen and oxygen atoms in total. The average Bonchev–Trinajstić information content (AvgIpc) is 3.37. The first-order chi connectivity index (χ1) is 16.4. The van der Waals surface area contributed by atoms with Crippen LogP contribution < -0.4 is 0 Å². The molecule has 0 saturated heterocycles. The van der Waals surface area contributed by atoms with Gasteiger partial charge in [-0.15, -0.1) is 17.1 Å². The molecule has 5 rings (SSSR count). The van der Waals surface area contributed by atoms with Crippen molar-refractivity contribution >= 4 is 27.3 Å². The van der Waals surface area contributed by atoms with E-state index in [1.807, 2.05) is 37.3 Å². The van der Waals surface area contributed by atoms with Gasteiger partial charge in [0.2, 0.25) is 0 Å². The number of ketones is 1. The van der Waals surface area contributed by atoms with Gasteiger partial charge in [-0.05, 0) is 54.5 Å². The first-order valence-electron chi connectivity index (χ1n) is 11.0. The molecule has 0 amide bonds. The van der Waals surface area contributed by atoms with Crippen LogP contribution in [0.15, 0.2) is 97.3 Å². The summed E-state index contributed by atoms with van der Waals surface area (Å²) in [6, 6.07) is 10.7. The number of carbonyl (C=O) groups is 1. The van der Waals surface area contributed by atoms with E-state index >= 15 is 0 Å². The Hall–Kier alpha value is -3.99. The molecule has 6 heteroatoms. The fraction of sp³-hybridized carbons (Fsp3) is 0.143. The number of aryl methyl sites for hydroxylation is 2. The van der Waals surface area contributed by atoms with Gasteiger partial charge in [-0.3, -0.25) is 14.2 Å². The SMILES string of the molecule is C=C=C1C=CC(Cn2c(-c3ccc(-n4ccn4C)cc3C)cc3sc(C(=O)C=C)cc32)=CN1C. The first-order valence-corrected chi connectivity index (χ1v) is 11.8. The van der Waals surface area contributed by atoms with E-state index in [-0.39, 0.29) is 5.78 Å². The molecule has 4 heterocycles. The van der Waals surface area contributed by atoms with Crippen molar-refractivity contribution in [2.24, 2.45) is 7.05 Å². The number of rotatable bonds is 6. The number of hydrogen-bond donors (Lipinski definition) is 0. The van der Waals surface area contributed by atoms with Crippen LogP contribution in [0.4, 0.5) is 0 Å². The molecule has 170 valence electrons. The van der Waals surface area contributed by atoms with Crippen molar-refractivity contribution in [1.82, 2.24) is 18.8 Å². The van der Waals surface area contributed by atoms with Crippen molar-refractivity contribution in [3.8, 4) is 16.9 Å². The van der Waals surface area contributed by atoms with Crippen LogP contribution in [0.3, 0.4) is 0 Å². The average molecular weight is 467 g/mol. The van der Waals surface area contributed by atoms with Gasteiger partial charge in [0.15, 0.2) is 5.78 Å². The molecule has 0 unspecified atom stereocenters. The highest BCUT2D eigenvalue weighted by Crippen LogP contribution is 2.37. The predicted octanol–water partition coefficient (Wildman–Crippen LogP) is 6.23. The van der Waals surface area contributed by atoms with E-state index in [1.54, 1.807) is 0 Å². The monoisotopic (exact) mass is 466 g/mol. The summed E-state index contributed by atoms with van der Waals surface area (Å²) in [5, 5.41) is 0. The Balaban J connectivity index is 1.62. The molecule has 1 aromatic carbocycles. The fourth-order valence-corrected chi connectivity index (χ4v) is 5.43. The third-order valence-corrected chi connectivity index (χ3v) is 7.33. The summed E-state index contributed by atoms with van der Waals surface area (Å²) < 4.78 is 7.56. The number of likely N-dealkylation sites (N-methyl/N-ethyl adjacent to an activating group) is 1. The Morgan fingerprint density at radius 2 is 1.97 bits per heavy atom. The van der Waals surface area contributed by atoms with E-state index in [2.05, 4.69) is 82.5 Å². The van der Waals surface area contributed by atoms with Gasteiger partial charge in [-0.1, -0.05) is 25.3 Å². The van der Waals surface area contributed by atoms with E-state index in [0.29, 0.717) is 11.4 Å². The molecular formula is C28H26N4OS. The first kappa shape index (κ1) is 21.8. The topological polar surface area (TPSA) is 35.1 Å². The van der Waals surface area contributed by atoms with Gasteiger partial charge in [0.05, 0.1) is 32.2 Å². The van der Waals surface area contributed by atoms with Crippen LogP contribution in [0.1, 0.15) is 15.2 Å². The van der Waals surface area contributed by atoms with Crippen LogP contribution in [-0.2, 0) is 13.6 Å². The van der Waals surface area contributed by atoms with Crippen LogP contribution in [0, 0.1) is 6.92 Å². The summed E-state index contributed by atoms with van der Waals surface area (Å²) in [4.78, 5) is 15.0. The lowest BCUT2D eigenvalue weighted by Gasteiger charge is -2.21. The maximum absolute atomic E-state index is 12.3. The number of benzene rings is 1. The molecule has 0 saturated carbocycles. The van der Waals surface area contributed by atoms with Gasteiger partial charge in [-0.2, -0.15) is 0 Å². The Morgan fingerprint density at radius 3 is 2.59 bits per heavy atom. The summed E-state index contributed by atoms with van der Waals surface area (Å²) in [6.45, 7) is 10.2. The highest BCUT2D eigenvalue weighted by molar-refractivity contribution is 7.21. The number of allylic oxidation sites excluding steroid dienone is 4. The highest BCUT2D eigenvalue weighted by Gasteiger charge is 2.19. The Morgan fingerprint density at radius 1 is 1.15 bits per heavy atom. The minimum atomic E-state index is -0.0428. The number of thiophene rings is 1. The van der Waals surface area contributed by atoms with E-state index in [0.717, 1.165) is 32.9 Å². The number of fused-ring (bicyclic) bond motifs is 1. The van der Waals surface area contributed by atoms with Gasteiger partial charge in [0, 0.05) is 44.8 Å². The van der Waals surface area contributed by atoms with Crippen LogP contribution in [0.2, 0.25) is 0 Å². The summed E-state index contributed by atoms with van der Waals surface area (Å²) in [5.74, 6) is -0.0428. The second-order valence-corrected chi connectivity index (χ2v) is 9.55. The van der Waals surface area contributed by atoms with Gasteiger partial charge in [0.1, 0.15) is 0 Å². The largest absolute Gasteiger partial charge is 0.344 e. The lowest BCUT2D eigenvalue weighted by molar-refractivity contribution is 0.105. The minimum Gasteiger partial charge on any atom is -0.344 e. The molecule has 1 aliphatic rings. The molecular weight excluding hydrogens is 440 g/mol. The molecule has 0 fully saturated rings. The molecule has 0 spiro atoms. The zero-order valence-electron chi connectivity index (χ0n) is 19.6. The number of hydrogen-bond acceptors (Lipinski definition) is 3. The van der Waals surface area contributed by atoms with E-state index in [4.69, 9.17) is 0 Å². The van der Waals surface area contributed by atoms with Crippen LogP contribution in [0.25, 0.3) is 27.2 Å². The summed E-state index contributed by atoms with van der Waals surface area (Å²) in [7, 11) is 4.03. The lowest BCUT2D eigenvalue weighted by atomic mass is 10.0. The molecule has 4 aromatic rings. The maximum Gasteiger partial charge on any atom is 0.195 e. The van der Waals surface area contributed by atoms with E-state index < -0.39 is 0 Å². The van der Waals surface area contributed by atoms with E-state index in [9.17, 15) is 4.79 Å². The molecule has 0 aliphatic carbocycles. The van der Waals surface area contributed by atoms with Crippen molar-refractivity contribution in [1.29, 1.82) is 0 Å². The number of nitrogens with zero attached hydrogens (tertiary/aromatic N) is 4. The molecule has 34 heavy (non-hydrogen) atoms. The lowest BCUT2D eigenvalue weighted by Crippen LogP contribution is -2.15. The molecule has 3 aromatic heterocycles. The quantitative estimate of drug-likeness (QED) is 0.192. The zero-order valence-corrected chi connectivity index (χ0v) is 20.4. The van der Waals surface area contributed by atoms with Crippen molar-refractivity contribution in [3.63, 3.8) is 0 Å². The summed E-state index contributed by atoms with van der Waals surface area (Å²) in [6.07, 6.45) is 11.7. The van der Waals surface area contributed by atoms with Crippen LogP contribution >= 0.6 is 11.3 Å². The third-order valence-electron chi connectivity index (χ3n) is 6.25. The van der Waals surface area contributed by atoms with Gasteiger partial charge >= 0.3 is 0 Å². The molecule has 1 aliphatic heterocycles. The van der Waals surface area contributed by atoms with Crippen molar-refractivity contribution in [2.75, 3.05) is 7.05 Å². The van der Waals surface area contributed by atoms with E-state index in [1.165, 1.54) is 28.5 Å². The van der Waals surface area contributed by atoms with Crippen LogP contribution in [-0.4, -0.2) is 31.7 Å². The molecule has 0 radical (unpaired) electrons. The molecule has 0 bridgehead atoms. The Bertz CT molecular complexity index is 1560. The highest BCUT2D eigenvalue weighted by atomic mass is 32.1. The Labute approximate surface area is 203 Å². The molecule has 0 atom stereocenters. The van der Waals surface area contributed by atoms with Crippen molar-refractivity contribution < 1.29 is 4.79 Å². The predicted molar refractivity (Wildman–Crippen MR) is 140 cm³/mol. The van der Waals surface area contributed by atoms with Crippen molar-refractivity contribution in [3.05, 3.63) is 108 Å². The zero-order chi connectivity index (χ0) is 24.0. The number of aromatic nitrogens is 3.